The first-order valence-corrected chi connectivity index (χ1v) is 18.2. The number of ketones is 1. The van der Waals surface area contributed by atoms with Crippen LogP contribution in [0, 0.1) is 0 Å². The summed E-state index contributed by atoms with van der Waals surface area (Å²) in [5.41, 5.74) is 2.05. The molecule has 6 heteroatoms. The fourth-order valence-electron chi connectivity index (χ4n) is 2.85. The van der Waals surface area contributed by atoms with Crippen molar-refractivity contribution in [2.24, 2.45) is 0 Å². The molecule has 0 aromatic heterocycles. The number of rotatable bonds is 9. The number of carbonyl (C=O) groups excluding carboxylic acids is 1. The molecule has 1 aromatic carbocycles. The van der Waals surface area contributed by atoms with Gasteiger partial charge in [0.1, 0.15) is 0 Å². The second-order valence-electron chi connectivity index (χ2n) is 8.54. The van der Waals surface area contributed by atoms with E-state index in [1.807, 2.05) is 19.1 Å². The summed E-state index contributed by atoms with van der Waals surface area (Å²) in [6, 6.07) is 8.99. The lowest BCUT2D eigenvalue weighted by atomic mass is 10.1. The van der Waals surface area contributed by atoms with Crippen molar-refractivity contribution in [3.8, 4) is 0 Å². The van der Waals surface area contributed by atoms with Crippen LogP contribution in [0.25, 0.3) is 0 Å². The maximum Gasteiger partial charge on any atom is 0.314 e. The van der Waals surface area contributed by atoms with E-state index in [0.717, 1.165) is 18.0 Å². The first-order chi connectivity index (χ1) is 10.8. The van der Waals surface area contributed by atoms with E-state index in [4.69, 9.17) is 8.23 Å². The van der Waals surface area contributed by atoms with Gasteiger partial charge < -0.3 is 8.23 Å². The summed E-state index contributed by atoms with van der Waals surface area (Å²) in [5.74, 6) is 0.199. The van der Waals surface area contributed by atoms with Gasteiger partial charge in [-0.15, -0.1) is 0 Å². The molecule has 0 spiro atoms. The zero-order chi connectivity index (χ0) is 18.6. The number of aryl methyl sites for hydroxylation is 1. The average Bonchev–Trinajstić information content (AvgIpc) is 2.41. The van der Waals surface area contributed by atoms with E-state index in [1.165, 1.54) is 5.56 Å². The molecule has 1 rings (SSSR count). The van der Waals surface area contributed by atoms with Gasteiger partial charge in [0.2, 0.25) is 0 Å². The number of carbonyl (C=O) groups is 1. The van der Waals surface area contributed by atoms with Crippen LogP contribution in [0.3, 0.4) is 0 Å². The third-order valence-corrected chi connectivity index (χ3v) is 13.0. The SMILES string of the molecule is CCC(=O)c1ccc(CC[Si](C)(O[Si](C)(C)C)O[Si](C)(C)C)cc1. The Labute approximate surface area is 151 Å². The highest BCUT2D eigenvalue weighted by atomic mass is 28.5. The predicted molar refractivity (Wildman–Crippen MR) is 110 cm³/mol. The van der Waals surface area contributed by atoms with Crippen molar-refractivity contribution in [1.29, 1.82) is 0 Å². The molecule has 24 heavy (non-hydrogen) atoms. The maximum absolute atomic E-state index is 11.7. The minimum Gasteiger partial charge on any atom is -0.437 e. The third kappa shape index (κ3) is 8.02. The van der Waals surface area contributed by atoms with Gasteiger partial charge in [0, 0.05) is 12.0 Å². The molecule has 0 saturated carbocycles. The second kappa shape index (κ2) is 8.23. The molecule has 0 atom stereocenters. The second-order valence-corrected chi connectivity index (χ2v) is 21.4. The monoisotopic (exact) mass is 382 g/mol. The predicted octanol–water partition coefficient (Wildman–Crippen LogP) is 5.60. The molecule has 0 radical (unpaired) electrons. The van der Waals surface area contributed by atoms with Crippen molar-refractivity contribution in [3.63, 3.8) is 0 Å². The van der Waals surface area contributed by atoms with Crippen LogP contribution >= 0.6 is 0 Å². The minimum absolute atomic E-state index is 0.199. The lowest BCUT2D eigenvalue weighted by molar-refractivity contribution is 0.0988. The molecule has 0 amide bonds. The Morgan fingerprint density at radius 2 is 1.33 bits per heavy atom. The first-order valence-electron chi connectivity index (χ1n) is 8.86. The highest BCUT2D eigenvalue weighted by Crippen LogP contribution is 2.26. The minimum atomic E-state index is -2.19. The summed E-state index contributed by atoms with van der Waals surface area (Å²) in [7, 11) is -5.48. The topological polar surface area (TPSA) is 35.5 Å². The Morgan fingerprint density at radius 3 is 1.71 bits per heavy atom. The highest BCUT2D eigenvalue weighted by Gasteiger charge is 2.39. The lowest BCUT2D eigenvalue weighted by Gasteiger charge is -2.38. The largest absolute Gasteiger partial charge is 0.437 e. The molecule has 1 aromatic rings. The number of Topliss-reactive ketones (excluding diaryl/α,β-unsaturated/α-hetero) is 1. The Balaban J connectivity index is 2.82. The van der Waals surface area contributed by atoms with E-state index < -0.39 is 25.2 Å². The Kier molecular flexibility index (Phi) is 7.37. The molecule has 0 aliphatic rings. The van der Waals surface area contributed by atoms with E-state index in [2.05, 4.69) is 58.0 Å². The van der Waals surface area contributed by atoms with Gasteiger partial charge in [0.25, 0.3) is 0 Å². The van der Waals surface area contributed by atoms with Crippen molar-refractivity contribution in [3.05, 3.63) is 35.4 Å². The fraction of sp³-hybridized carbons (Fsp3) is 0.611. The Morgan fingerprint density at radius 1 is 0.875 bits per heavy atom. The standard InChI is InChI=1S/C18H34O3Si3/c1-9-18(19)17-12-10-16(11-13-17)14-15-24(8,20-22(2,3)4)21-23(5,6)7/h10-13H,9,14-15H2,1-8H3. The van der Waals surface area contributed by atoms with E-state index in [0.29, 0.717) is 6.42 Å². The summed E-state index contributed by atoms with van der Waals surface area (Å²) in [6.07, 6.45) is 1.50. The molecule has 0 heterocycles. The van der Waals surface area contributed by atoms with Gasteiger partial charge in [0.05, 0.1) is 0 Å². The average molecular weight is 383 g/mol. The Hall–Kier alpha value is -0.539. The van der Waals surface area contributed by atoms with E-state index in [-0.39, 0.29) is 5.78 Å². The summed E-state index contributed by atoms with van der Waals surface area (Å²) in [5, 5.41) is 0. The van der Waals surface area contributed by atoms with Gasteiger partial charge in [-0.25, -0.2) is 0 Å². The van der Waals surface area contributed by atoms with Gasteiger partial charge in [-0.1, -0.05) is 31.2 Å². The van der Waals surface area contributed by atoms with Crippen molar-refractivity contribution >= 4 is 31.0 Å². The van der Waals surface area contributed by atoms with Crippen molar-refractivity contribution in [2.75, 3.05) is 0 Å². The van der Waals surface area contributed by atoms with Crippen LogP contribution in [0.5, 0.6) is 0 Å². The lowest BCUT2D eigenvalue weighted by Crippen LogP contribution is -2.52. The Bertz CT molecular complexity index is 526. The van der Waals surface area contributed by atoms with Crippen LogP contribution in [0.1, 0.15) is 29.3 Å². The number of benzene rings is 1. The van der Waals surface area contributed by atoms with Crippen LogP contribution in [0.4, 0.5) is 0 Å². The molecular formula is C18H34O3Si3. The van der Waals surface area contributed by atoms with Crippen LogP contribution in [0.2, 0.25) is 51.9 Å². The van der Waals surface area contributed by atoms with E-state index in [9.17, 15) is 4.79 Å². The molecule has 0 N–H and O–H groups in total. The van der Waals surface area contributed by atoms with Gasteiger partial charge >= 0.3 is 8.56 Å². The number of hydrogen-bond donors (Lipinski definition) is 0. The van der Waals surface area contributed by atoms with Gasteiger partial charge in [-0.2, -0.15) is 0 Å². The van der Waals surface area contributed by atoms with Crippen LogP contribution < -0.4 is 0 Å². The van der Waals surface area contributed by atoms with E-state index in [1.54, 1.807) is 0 Å². The normalized spacial score (nSPS) is 13.2. The van der Waals surface area contributed by atoms with Crippen LogP contribution in [0.15, 0.2) is 24.3 Å². The zero-order valence-corrected chi connectivity index (χ0v) is 19.7. The van der Waals surface area contributed by atoms with Gasteiger partial charge in [0.15, 0.2) is 22.4 Å². The summed E-state index contributed by atoms with van der Waals surface area (Å²) in [4.78, 5) is 11.7. The molecule has 0 aliphatic heterocycles. The molecular weight excluding hydrogens is 348 g/mol. The summed E-state index contributed by atoms with van der Waals surface area (Å²) < 4.78 is 13.1. The molecule has 0 fully saturated rings. The van der Waals surface area contributed by atoms with Crippen molar-refractivity contribution in [1.82, 2.24) is 0 Å². The fourth-order valence-corrected chi connectivity index (χ4v) is 15.3. The van der Waals surface area contributed by atoms with Gasteiger partial charge in [-0.05, 0) is 63.9 Å². The number of hydrogen-bond acceptors (Lipinski definition) is 3. The molecule has 0 aliphatic carbocycles. The third-order valence-electron chi connectivity index (χ3n) is 3.51. The van der Waals surface area contributed by atoms with Crippen molar-refractivity contribution < 1.29 is 13.0 Å². The first kappa shape index (κ1) is 21.5. The maximum atomic E-state index is 11.7. The van der Waals surface area contributed by atoms with Crippen LogP contribution in [-0.4, -0.2) is 31.0 Å². The molecule has 0 bridgehead atoms. The quantitative estimate of drug-likeness (QED) is 0.412. The van der Waals surface area contributed by atoms with Crippen LogP contribution in [-0.2, 0) is 14.7 Å². The summed E-state index contributed by atoms with van der Waals surface area (Å²) >= 11 is 0. The zero-order valence-electron chi connectivity index (χ0n) is 16.7. The highest BCUT2D eigenvalue weighted by molar-refractivity contribution is 6.87. The summed E-state index contributed by atoms with van der Waals surface area (Å²) in [6.45, 7) is 17.5. The van der Waals surface area contributed by atoms with E-state index >= 15 is 0 Å². The molecule has 0 saturated heterocycles. The molecule has 0 unspecified atom stereocenters. The van der Waals surface area contributed by atoms with Gasteiger partial charge in [-0.3, -0.25) is 4.79 Å². The smallest absolute Gasteiger partial charge is 0.314 e. The molecule has 136 valence electrons. The van der Waals surface area contributed by atoms with Crippen molar-refractivity contribution in [2.45, 2.75) is 71.6 Å². The molecule has 3 nitrogen and oxygen atoms in total.